The predicted octanol–water partition coefficient (Wildman–Crippen LogP) is 2.66. The molecule has 126 valence electrons. The monoisotopic (exact) mass is 336 g/mol. The fraction of sp³-hybridized carbons (Fsp3) is 0.611. The van der Waals surface area contributed by atoms with E-state index >= 15 is 0 Å². The van der Waals surface area contributed by atoms with Gasteiger partial charge in [-0.05, 0) is 30.5 Å². The summed E-state index contributed by atoms with van der Waals surface area (Å²) in [5, 5.41) is 0.840. The van der Waals surface area contributed by atoms with E-state index in [9.17, 15) is 4.79 Å². The average Bonchev–Trinajstić information content (AvgIpc) is 2.92. The number of ether oxygens (including phenoxy) is 1. The molecule has 2 saturated heterocycles. The van der Waals surface area contributed by atoms with Crippen LogP contribution in [0.4, 0.5) is 0 Å². The van der Waals surface area contributed by atoms with E-state index in [2.05, 4.69) is 11.0 Å². The van der Waals surface area contributed by atoms with Crippen LogP contribution in [-0.4, -0.2) is 55.6 Å². The Morgan fingerprint density at radius 2 is 2.17 bits per heavy atom. The SMILES string of the molecule is CN(C)C(=O)C[C@@H]1OC[C@H]2CN(Cc3ccccc3Cl)CC[C@H]21. The van der Waals surface area contributed by atoms with Crippen LogP contribution in [0, 0.1) is 11.8 Å². The lowest BCUT2D eigenvalue weighted by Crippen LogP contribution is -2.41. The molecule has 1 aromatic rings. The summed E-state index contributed by atoms with van der Waals surface area (Å²) in [4.78, 5) is 16.1. The maximum atomic E-state index is 11.9. The predicted molar refractivity (Wildman–Crippen MR) is 91.4 cm³/mol. The summed E-state index contributed by atoms with van der Waals surface area (Å²) in [6.45, 7) is 3.74. The van der Waals surface area contributed by atoms with Crippen molar-refractivity contribution in [3.63, 3.8) is 0 Å². The summed E-state index contributed by atoms with van der Waals surface area (Å²) in [6, 6.07) is 8.05. The van der Waals surface area contributed by atoms with Gasteiger partial charge in [0.2, 0.25) is 5.91 Å². The van der Waals surface area contributed by atoms with Crippen LogP contribution in [0.3, 0.4) is 0 Å². The summed E-state index contributed by atoms with van der Waals surface area (Å²) < 4.78 is 5.94. The van der Waals surface area contributed by atoms with Gasteiger partial charge in [-0.1, -0.05) is 29.8 Å². The second-order valence-corrected chi connectivity index (χ2v) is 7.31. The molecule has 0 aliphatic carbocycles. The van der Waals surface area contributed by atoms with Crippen LogP contribution in [-0.2, 0) is 16.1 Å². The maximum Gasteiger partial charge on any atom is 0.224 e. The average molecular weight is 337 g/mol. The van der Waals surface area contributed by atoms with Crippen LogP contribution in [0.1, 0.15) is 18.4 Å². The molecular formula is C18H25ClN2O2. The van der Waals surface area contributed by atoms with Gasteiger partial charge in [-0.25, -0.2) is 0 Å². The lowest BCUT2D eigenvalue weighted by Gasteiger charge is -2.35. The van der Waals surface area contributed by atoms with Crippen molar-refractivity contribution in [3.8, 4) is 0 Å². The molecule has 4 nitrogen and oxygen atoms in total. The first-order chi connectivity index (χ1) is 11.0. The first-order valence-corrected chi connectivity index (χ1v) is 8.70. The molecule has 0 spiro atoms. The third-order valence-corrected chi connectivity index (χ3v) is 5.47. The number of amides is 1. The highest BCUT2D eigenvalue weighted by atomic mass is 35.5. The van der Waals surface area contributed by atoms with E-state index in [0.29, 0.717) is 18.3 Å². The molecule has 0 radical (unpaired) electrons. The van der Waals surface area contributed by atoms with E-state index in [1.807, 2.05) is 18.2 Å². The zero-order valence-electron chi connectivity index (χ0n) is 13.9. The third kappa shape index (κ3) is 3.87. The van der Waals surface area contributed by atoms with E-state index in [0.717, 1.165) is 37.7 Å². The molecule has 0 N–H and O–H groups in total. The Labute approximate surface area is 143 Å². The number of halogens is 1. The van der Waals surface area contributed by atoms with E-state index < -0.39 is 0 Å². The smallest absolute Gasteiger partial charge is 0.224 e. The number of hydrogen-bond donors (Lipinski definition) is 0. The van der Waals surface area contributed by atoms with E-state index in [-0.39, 0.29) is 12.0 Å². The number of fused-ring (bicyclic) bond motifs is 1. The number of carbonyl (C=O) groups excluding carboxylic acids is 1. The summed E-state index contributed by atoms with van der Waals surface area (Å²) >= 11 is 6.27. The first-order valence-electron chi connectivity index (χ1n) is 8.32. The number of rotatable bonds is 4. The Morgan fingerprint density at radius 1 is 1.39 bits per heavy atom. The Hall–Kier alpha value is -1.10. The van der Waals surface area contributed by atoms with Gasteiger partial charge in [-0.3, -0.25) is 9.69 Å². The van der Waals surface area contributed by atoms with E-state index in [4.69, 9.17) is 16.3 Å². The number of piperidine rings is 1. The summed E-state index contributed by atoms with van der Waals surface area (Å²) in [5.41, 5.74) is 1.19. The fourth-order valence-electron chi connectivity index (χ4n) is 3.74. The Kier molecular flexibility index (Phi) is 5.24. The van der Waals surface area contributed by atoms with E-state index in [1.54, 1.807) is 19.0 Å². The van der Waals surface area contributed by atoms with Gasteiger partial charge >= 0.3 is 0 Å². The number of nitrogens with zero attached hydrogens (tertiary/aromatic N) is 2. The summed E-state index contributed by atoms with van der Waals surface area (Å²) in [7, 11) is 3.61. The third-order valence-electron chi connectivity index (χ3n) is 5.11. The highest BCUT2D eigenvalue weighted by Crippen LogP contribution is 2.36. The highest BCUT2D eigenvalue weighted by molar-refractivity contribution is 6.31. The molecule has 2 aliphatic rings. The molecule has 0 aromatic heterocycles. The largest absolute Gasteiger partial charge is 0.377 e. The molecule has 2 aliphatic heterocycles. The van der Waals surface area contributed by atoms with Crippen molar-refractivity contribution in [1.29, 1.82) is 0 Å². The molecule has 1 amide bonds. The number of benzene rings is 1. The molecule has 1 aromatic carbocycles. The second-order valence-electron chi connectivity index (χ2n) is 6.90. The first kappa shape index (κ1) is 16.7. The highest BCUT2D eigenvalue weighted by Gasteiger charge is 2.41. The number of hydrogen-bond acceptors (Lipinski definition) is 3. The minimum atomic E-state index is 0.0948. The Bertz CT molecular complexity index is 564. The van der Waals surface area contributed by atoms with Gasteiger partial charge in [0.05, 0.1) is 19.1 Å². The van der Waals surface area contributed by atoms with Gasteiger partial charge in [0.1, 0.15) is 0 Å². The quantitative estimate of drug-likeness (QED) is 0.847. The second kappa shape index (κ2) is 7.20. The number of likely N-dealkylation sites (tertiary alicyclic amines) is 1. The Morgan fingerprint density at radius 3 is 2.91 bits per heavy atom. The van der Waals surface area contributed by atoms with Crippen LogP contribution in [0.5, 0.6) is 0 Å². The van der Waals surface area contributed by atoms with Gasteiger partial charge < -0.3 is 9.64 Å². The van der Waals surface area contributed by atoms with Crippen molar-refractivity contribution in [2.75, 3.05) is 33.8 Å². The van der Waals surface area contributed by atoms with Crippen LogP contribution in [0.2, 0.25) is 5.02 Å². The molecule has 2 fully saturated rings. The van der Waals surface area contributed by atoms with Crippen molar-refractivity contribution in [3.05, 3.63) is 34.9 Å². The zero-order valence-corrected chi connectivity index (χ0v) is 14.6. The molecule has 0 saturated carbocycles. The van der Waals surface area contributed by atoms with Crippen LogP contribution < -0.4 is 0 Å². The molecule has 3 atom stereocenters. The number of carbonyl (C=O) groups is 1. The van der Waals surface area contributed by atoms with Gasteiger partial charge in [0.25, 0.3) is 0 Å². The molecular weight excluding hydrogens is 312 g/mol. The normalized spacial score (nSPS) is 27.7. The van der Waals surface area contributed by atoms with Crippen molar-refractivity contribution in [2.45, 2.75) is 25.5 Å². The topological polar surface area (TPSA) is 32.8 Å². The van der Waals surface area contributed by atoms with Crippen LogP contribution >= 0.6 is 11.6 Å². The van der Waals surface area contributed by atoms with Gasteiger partial charge in [0.15, 0.2) is 0 Å². The van der Waals surface area contributed by atoms with Crippen molar-refractivity contribution in [2.24, 2.45) is 11.8 Å². The standard InChI is InChI=1S/C18H25ClN2O2/c1-20(2)18(22)9-17-15-7-8-21(11-14(15)12-23-17)10-13-5-3-4-6-16(13)19/h3-6,14-15,17H,7-12H2,1-2H3/t14-,15-,17+/m1/s1. The molecule has 0 unspecified atom stereocenters. The lowest BCUT2D eigenvalue weighted by molar-refractivity contribution is -0.131. The molecule has 3 rings (SSSR count). The van der Waals surface area contributed by atoms with E-state index in [1.165, 1.54) is 5.56 Å². The van der Waals surface area contributed by atoms with Crippen molar-refractivity contribution in [1.82, 2.24) is 9.80 Å². The van der Waals surface area contributed by atoms with Gasteiger partial charge in [-0.2, -0.15) is 0 Å². The summed E-state index contributed by atoms with van der Waals surface area (Å²) in [5.74, 6) is 1.21. The Balaban J connectivity index is 1.56. The summed E-state index contributed by atoms with van der Waals surface area (Å²) in [6.07, 6.45) is 1.71. The molecule has 0 bridgehead atoms. The minimum absolute atomic E-state index is 0.0948. The van der Waals surface area contributed by atoms with Gasteiger partial charge in [0, 0.05) is 38.1 Å². The van der Waals surface area contributed by atoms with Crippen LogP contribution in [0.25, 0.3) is 0 Å². The van der Waals surface area contributed by atoms with Gasteiger partial charge in [-0.15, -0.1) is 0 Å². The molecule has 2 heterocycles. The molecule has 23 heavy (non-hydrogen) atoms. The lowest BCUT2D eigenvalue weighted by atomic mass is 9.83. The fourth-order valence-corrected chi connectivity index (χ4v) is 3.93. The minimum Gasteiger partial charge on any atom is -0.377 e. The zero-order chi connectivity index (χ0) is 16.4. The molecule has 5 heteroatoms. The maximum absolute atomic E-state index is 11.9. The van der Waals surface area contributed by atoms with Crippen molar-refractivity contribution < 1.29 is 9.53 Å². The van der Waals surface area contributed by atoms with Crippen molar-refractivity contribution >= 4 is 17.5 Å². The van der Waals surface area contributed by atoms with Crippen LogP contribution in [0.15, 0.2) is 24.3 Å².